The van der Waals surface area contributed by atoms with Crippen molar-refractivity contribution in [2.45, 2.75) is 0 Å². The Morgan fingerprint density at radius 1 is 0.436 bits per heavy atom. The fourth-order valence-corrected chi connectivity index (χ4v) is 6.00. The molecule has 9 heteroatoms. The van der Waals surface area contributed by atoms with Crippen LogP contribution in [0.1, 0.15) is 73.3 Å². The van der Waals surface area contributed by atoms with Gasteiger partial charge in [-0.3, -0.25) is 28.8 Å². The minimum atomic E-state index is -0.658. The minimum Gasteiger partial charge on any atom is -0.322 e. The number of hydrogen-bond acceptors (Lipinski definition) is 6. The highest BCUT2D eigenvalue weighted by Gasteiger charge is 2.37. The zero-order chi connectivity index (χ0) is 38.3. The molecule has 0 fully saturated rings. The van der Waals surface area contributed by atoms with Crippen LogP contribution < -0.4 is 15.5 Å². The Labute approximate surface area is 316 Å². The normalized spacial score (nSPS) is 12.2. The van der Waals surface area contributed by atoms with E-state index >= 15 is 0 Å². The lowest BCUT2D eigenvalue weighted by molar-refractivity contribution is 0.0920. The molecule has 6 aromatic carbocycles. The Bertz CT molecular complexity index is 2390. The van der Waals surface area contributed by atoms with Crippen molar-refractivity contribution >= 4 is 64.4 Å². The first-order valence-electron chi connectivity index (χ1n) is 17.2. The zero-order valence-electron chi connectivity index (χ0n) is 29.1. The Morgan fingerprint density at radius 3 is 1.29 bits per heavy atom. The quantitative estimate of drug-likeness (QED) is 0.0782. The van der Waals surface area contributed by atoms with Crippen molar-refractivity contribution < 1.29 is 28.8 Å². The Hall–Kier alpha value is -7.78. The maximum atomic E-state index is 13.8. The lowest BCUT2D eigenvalue weighted by Crippen LogP contribution is -2.30. The first kappa shape index (κ1) is 35.6. The molecule has 7 rings (SSSR count). The standard InChI is InChI=1S/C46H31N3O6/c50-41(23-21-30-11-3-1-4-12-30)32-15-9-17-36(26-32)47-43(52)34-25-35(29-38(28-34)49-45(54)39-19-7-8-20-40(39)46(49)55)44(53)48-37-18-10-16-33(27-37)42(51)24-22-31-13-5-2-6-14-31/h1-29H,(H,47,52)(H,48,53)/b23-21-,24-22+. The number of ketones is 2. The third kappa shape index (κ3) is 8.16. The van der Waals surface area contributed by atoms with Crippen molar-refractivity contribution in [3.05, 3.63) is 208 Å². The second kappa shape index (κ2) is 15.9. The molecule has 1 aliphatic heterocycles. The van der Waals surface area contributed by atoms with Gasteiger partial charge < -0.3 is 10.6 Å². The number of hydrogen-bond donors (Lipinski definition) is 2. The molecule has 0 aliphatic carbocycles. The third-order valence-electron chi connectivity index (χ3n) is 8.76. The van der Waals surface area contributed by atoms with Crippen molar-refractivity contribution in [2.75, 3.05) is 15.5 Å². The SMILES string of the molecule is O=C(/C=C\c1ccccc1)c1cccc(NC(=O)c2cc(C(=O)Nc3cccc(C(=O)/C=C/c4ccccc4)c3)cc(N3C(=O)c4ccccc4C3=O)c2)c1. The number of benzene rings is 6. The van der Waals surface area contributed by atoms with Crippen LogP contribution in [0.15, 0.2) is 164 Å². The highest BCUT2D eigenvalue weighted by atomic mass is 16.2. The molecule has 0 unspecified atom stereocenters. The number of amides is 4. The highest BCUT2D eigenvalue weighted by molar-refractivity contribution is 6.34. The predicted molar refractivity (Wildman–Crippen MR) is 212 cm³/mol. The van der Waals surface area contributed by atoms with Gasteiger partial charge in [0.1, 0.15) is 0 Å². The number of nitrogens with zero attached hydrogens (tertiary/aromatic N) is 1. The molecule has 0 atom stereocenters. The van der Waals surface area contributed by atoms with Gasteiger partial charge in [0.15, 0.2) is 11.6 Å². The molecule has 0 saturated heterocycles. The predicted octanol–water partition coefficient (Wildman–Crippen LogP) is 8.78. The van der Waals surface area contributed by atoms with E-state index in [1.807, 2.05) is 60.7 Å². The van der Waals surface area contributed by atoms with E-state index in [1.54, 1.807) is 60.7 Å². The zero-order valence-corrected chi connectivity index (χ0v) is 29.1. The van der Waals surface area contributed by atoms with Crippen LogP contribution in [0.2, 0.25) is 0 Å². The summed E-state index contributed by atoms with van der Waals surface area (Å²) in [5, 5.41) is 5.53. The lowest BCUT2D eigenvalue weighted by Gasteiger charge is -2.17. The van der Waals surface area contributed by atoms with Gasteiger partial charge in [-0.1, -0.05) is 109 Å². The molecule has 9 nitrogen and oxygen atoms in total. The maximum absolute atomic E-state index is 13.8. The smallest absolute Gasteiger partial charge is 0.266 e. The number of carbonyl (C=O) groups excluding carboxylic acids is 6. The van der Waals surface area contributed by atoms with Gasteiger partial charge in [0, 0.05) is 33.6 Å². The van der Waals surface area contributed by atoms with E-state index in [9.17, 15) is 28.8 Å². The molecule has 2 N–H and O–H groups in total. The summed E-state index contributed by atoms with van der Waals surface area (Å²) < 4.78 is 0. The molecular weight excluding hydrogens is 691 g/mol. The van der Waals surface area contributed by atoms with E-state index in [2.05, 4.69) is 10.6 Å². The summed E-state index contributed by atoms with van der Waals surface area (Å²) in [5.74, 6) is -3.07. The summed E-state index contributed by atoms with van der Waals surface area (Å²) in [6.45, 7) is 0. The molecule has 4 amide bonds. The van der Waals surface area contributed by atoms with Crippen LogP contribution in [0.3, 0.4) is 0 Å². The second-order valence-electron chi connectivity index (χ2n) is 12.5. The number of carbonyl (C=O) groups is 6. The summed E-state index contributed by atoms with van der Waals surface area (Å²) in [6, 6.07) is 41.9. The molecule has 0 spiro atoms. The van der Waals surface area contributed by atoms with Crippen molar-refractivity contribution in [3.63, 3.8) is 0 Å². The van der Waals surface area contributed by atoms with Crippen LogP contribution in [0.25, 0.3) is 12.2 Å². The average Bonchev–Trinajstić information content (AvgIpc) is 3.48. The number of rotatable bonds is 11. The van der Waals surface area contributed by atoms with Gasteiger partial charge in [-0.2, -0.15) is 0 Å². The van der Waals surface area contributed by atoms with Crippen molar-refractivity contribution in [1.29, 1.82) is 0 Å². The molecule has 1 aliphatic rings. The molecule has 0 saturated carbocycles. The van der Waals surface area contributed by atoms with E-state index in [1.165, 1.54) is 54.6 Å². The van der Waals surface area contributed by atoms with Gasteiger partial charge in [0.2, 0.25) is 0 Å². The molecular formula is C46H31N3O6. The van der Waals surface area contributed by atoms with Crippen LogP contribution in [0, 0.1) is 0 Å². The summed E-state index contributed by atoms with van der Waals surface area (Å²) in [6.07, 6.45) is 6.28. The monoisotopic (exact) mass is 721 g/mol. The van der Waals surface area contributed by atoms with Gasteiger partial charge in [0.05, 0.1) is 16.8 Å². The van der Waals surface area contributed by atoms with Gasteiger partial charge in [-0.25, -0.2) is 4.90 Å². The van der Waals surface area contributed by atoms with Crippen molar-refractivity contribution in [2.24, 2.45) is 0 Å². The molecule has 1 heterocycles. The van der Waals surface area contributed by atoms with Crippen LogP contribution >= 0.6 is 0 Å². The highest BCUT2D eigenvalue weighted by Crippen LogP contribution is 2.31. The summed E-state index contributed by atoms with van der Waals surface area (Å²) in [7, 11) is 0. The van der Waals surface area contributed by atoms with Crippen LogP contribution in [-0.2, 0) is 0 Å². The molecule has 0 bridgehead atoms. The lowest BCUT2D eigenvalue weighted by atomic mass is 10.1. The van der Waals surface area contributed by atoms with E-state index in [0.717, 1.165) is 16.0 Å². The molecule has 6 aromatic rings. The number of fused-ring (bicyclic) bond motifs is 1. The number of nitrogens with one attached hydrogen (secondary N) is 2. The topological polar surface area (TPSA) is 130 Å². The summed E-state index contributed by atoms with van der Waals surface area (Å²) in [4.78, 5) is 81.4. The second-order valence-corrected chi connectivity index (χ2v) is 12.5. The molecule has 266 valence electrons. The largest absolute Gasteiger partial charge is 0.322 e. The van der Waals surface area contributed by atoms with E-state index in [4.69, 9.17) is 0 Å². The van der Waals surface area contributed by atoms with Gasteiger partial charge in [0.25, 0.3) is 23.6 Å². The fraction of sp³-hybridized carbons (Fsp3) is 0. The fourth-order valence-electron chi connectivity index (χ4n) is 6.00. The average molecular weight is 722 g/mol. The summed E-state index contributed by atoms with van der Waals surface area (Å²) >= 11 is 0. The van der Waals surface area contributed by atoms with Gasteiger partial charge in [-0.15, -0.1) is 0 Å². The maximum Gasteiger partial charge on any atom is 0.266 e. The molecule has 0 radical (unpaired) electrons. The van der Waals surface area contributed by atoms with Gasteiger partial charge in [-0.05, 0) is 77.9 Å². The first-order chi connectivity index (χ1) is 26.7. The first-order valence-corrected chi connectivity index (χ1v) is 17.2. The number of anilines is 3. The Morgan fingerprint density at radius 2 is 0.855 bits per heavy atom. The van der Waals surface area contributed by atoms with Crippen LogP contribution in [0.4, 0.5) is 17.1 Å². The van der Waals surface area contributed by atoms with Crippen LogP contribution in [0.5, 0.6) is 0 Å². The van der Waals surface area contributed by atoms with E-state index < -0.39 is 23.6 Å². The molecule has 0 aromatic heterocycles. The Kier molecular flexibility index (Phi) is 10.3. The Balaban J connectivity index is 1.16. The number of allylic oxidation sites excluding steroid dienone is 2. The summed E-state index contributed by atoms with van der Waals surface area (Å²) in [5.41, 5.74) is 3.33. The molecule has 55 heavy (non-hydrogen) atoms. The third-order valence-corrected chi connectivity index (χ3v) is 8.76. The van der Waals surface area contributed by atoms with E-state index in [-0.39, 0.29) is 39.5 Å². The van der Waals surface area contributed by atoms with E-state index in [0.29, 0.717) is 22.5 Å². The van der Waals surface area contributed by atoms with Crippen molar-refractivity contribution in [1.82, 2.24) is 0 Å². The minimum absolute atomic E-state index is 0.00829. The van der Waals surface area contributed by atoms with Gasteiger partial charge >= 0.3 is 0 Å². The van der Waals surface area contributed by atoms with Crippen molar-refractivity contribution in [3.8, 4) is 0 Å². The number of imide groups is 1. The van der Waals surface area contributed by atoms with Crippen LogP contribution in [-0.4, -0.2) is 35.2 Å².